The first-order chi connectivity index (χ1) is 29.7. The highest BCUT2D eigenvalue weighted by Crippen LogP contribution is 2.43. The molecule has 4 nitrogen and oxygen atoms in total. The third-order valence-electron chi connectivity index (χ3n) is 10.6. The van der Waals surface area contributed by atoms with Crippen LogP contribution in [0.5, 0.6) is 0 Å². The Labute approximate surface area is 354 Å². The van der Waals surface area contributed by atoms with Crippen molar-refractivity contribution in [1.82, 2.24) is 15.0 Å². The Bertz CT molecular complexity index is 2940. The van der Waals surface area contributed by atoms with Gasteiger partial charge in [0, 0.05) is 43.5 Å². The normalized spacial score (nSPS) is 11.1. The lowest BCUT2D eigenvalue weighted by Gasteiger charge is -2.25. The molecule has 9 aromatic carbocycles. The molecule has 0 saturated heterocycles. The molecule has 0 aliphatic rings. The Kier molecular flexibility index (Phi) is 10.2. The first-order valence-corrected chi connectivity index (χ1v) is 20.8. The molecule has 0 saturated carbocycles. The molecule has 0 unspecified atom stereocenters. The summed E-state index contributed by atoms with van der Waals surface area (Å²) in [6.07, 6.45) is 0. The van der Waals surface area contributed by atoms with Crippen LogP contribution >= 0.6 is 11.8 Å². The number of nitrogens with zero attached hydrogens (tertiary/aromatic N) is 4. The van der Waals surface area contributed by atoms with Gasteiger partial charge in [0.25, 0.3) is 0 Å². The number of aromatic nitrogens is 3. The smallest absolute Gasteiger partial charge is 0.164 e. The lowest BCUT2D eigenvalue weighted by Crippen LogP contribution is -2.09. The number of para-hydroxylation sites is 2. The Morgan fingerprint density at radius 2 is 0.717 bits per heavy atom. The standard InChI is InChI=1S/C55H38N4S/c1-6-18-40(19-7-1)53-56-54(41-20-8-2-9-21-41)58-55(57-53)51-37-36-47(49-28-16-17-29-50(49)51)42-32-35-48(52(38-42)60-46-26-14-5-15-27-46)39-30-33-45(34-31-39)59(43-22-10-3-11-23-43)44-24-12-4-13-25-44/h1-38H. The van der Waals surface area contributed by atoms with Crippen LogP contribution in [-0.2, 0) is 0 Å². The molecule has 0 bridgehead atoms. The minimum atomic E-state index is 0.641. The molecule has 10 aromatic rings. The summed E-state index contributed by atoms with van der Waals surface area (Å²) in [7, 11) is 0. The highest BCUT2D eigenvalue weighted by Gasteiger charge is 2.18. The molecular formula is C55H38N4S. The lowest BCUT2D eigenvalue weighted by molar-refractivity contribution is 1.08. The second-order valence-corrected chi connectivity index (χ2v) is 15.5. The van der Waals surface area contributed by atoms with Crippen molar-refractivity contribution < 1.29 is 0 Å². The van der Waals surface area contributed by atoms with E-state index in [2.05, 4.69) is 175 Å². The summed E-state index contributed by atoms with van der Waals surface area (Å²) < 4.78 is 0. The zero-order valence-electron chi connectivity index (χ0n) is 32.6. The van der Waals surface area contributed by atoms with Gasteiger partial charge in [-0.2, -0.15) is 0 Å². The largest absolute Gasteiger partial charge is 0.311 e. The van der Waals surface area contributed by atoms with E-state index in [4.69, 9.17) is 15.0 Å². The third-order valence-corrected chi connectivity index (χ3v) is 11.7. The topological polar surface area (TPSA) is 41.9 Å². The number of hydrogen-bond donors (Lipinski definition) is 0. The fraction of sp³-hybridized carbons (Fsp3) is 0. The van der Waals surface area contributed by atoms with Gasteiger partial charge in [-0.05, 0) is 93.7 Å². The maximum Gasteiger partial charge on any atom is 0.164 e. The molecule has 0 aliphatic heterocycles. The summed E-state index contributed by atoms with van der Waals surface area (Å²) in [5, 5.41) is 2.21. The van der Waals surface area contributed by atoms with Crippen molar-refractivity contribution >= 4 is 39.6 Å². The van der Waals surface area contributed by atoms with E-state index < -0.39 is 0 Å². The first kappa shape index (κ1) is 36.7. The molecule has 10 rings (SSSR count). The van der Waals surface area contributed by atoms with Gasteiger partial charge in [0.05, 0.1) is 0 Å². The zero-order chi connectivity index (χ0) is 40.1. The third kappa shape index (κ3) is 7.58. The minimum Gasteiger partial charge on any atom is -0.311 e. The molecule has 0 atom stereocenters. The molecule has 0 amide bonds. The average Bonchev–Trinajstić information content (AvgIpc) is 3.33. The van der Waals surface area contributed by atoms with Gasteiger partial charge in [0.2, 0.25) is 0 Å². The van der Waals surface area contributed by atoms with Crippen LogP contribution in [0.4, 0.5) is 17.1 Å². The molecule has 0 aliphatic carbocycles. The van der Waals surface area contributed by atoms with E-state index in [1.54, 1.807) is 11.8 Å². The van der Waals surface area contributed by atoms with E-state index in [1.807, 2.05) is 60.7 Å². The molecule has 5 heteroatoms. The molecule has 0 spiro atoms. The molecular weight excluding hydrogens is 749 g/mol. The summed E-state index contributed by atoms with van der Waals surface area (Å²) >= 11 is 1.79. The highest BCUT2D eigenvalue weighted by atomic mass is 32.2. The maximum atomic E-state index is 5.08. The van der Waals surface area contributed by atoms with Crippen molar-refractivity contribution in [3.05, 3.63) is 231 Å². The van der Waals surface area contributed by atoms with Crippen LogP contribution in [0.15, 0.2) is 240 Å². The fourth-order valence-corrected chi connectivity index (χ4v) is 8.72. The Balaban J connectivity index is 1.07. The van der Waals surface area contributed by atoms with E-state index in [0.717, 1.165) is 61.2 Å². The van der Waals surface area contributed by atoms with Crippen LogP contribution in [0, 0.1) is 0 Å². The van der Waals surface area contributed by atoms with Crippen LogP contribution in [0.1, 0.15) is 0 Å². The second-order valence-electron chi connectivity index (χ2n) is 14.4. The van der Waals surface area contributed by atoms with E-state index in [1.165, 1.54) is 15.4 Å². The van der Waals surface area contributed by atoms with Crippen molar-refractivity contribution in [2.75, 3.05) is 4.90 Å². The quantitative estimate of drug-likeness (QED) is 0.138. The predicted molar refractivity (Wildman–Crippen MR) is 250 cm³/mol. The molecule has 0 radical (unpaired) electrons. The van der Waals surface area contributed by atoms with E-state index >= 15 is 0 Å². The van der Waals surface area contributed by atoms with Gasteiger partial charge in [-0.3, -0.25) is 0 Å². The minimum absolute atomic E-state index is 0.641. The van der Waals surface area contributed by atoms with Crippen LogP contribution in [0.25, 0.3) is 67.2 Å². The van der Waals surface area contributed by atoms with Crippen LogP contribution in [0.2, 0.25) is 0 Å². The number of rotatable bonds is 10. The van der Waals surface area contributed by atoms with Crippen molar-refractivity contribution in [3.63, 3.8) is 0 Å². The average molecular weight is 787 g/mol. The second kappa shape index (κ2) is 16.7. The Morgan fingerprint density at radius 1 is 0.300 bits per heavy atom. The van der Waals surface area contributed by atoms with Crippen LogP contribution in [-0.4, -0.2) is 15.0 Å². The van der Waals surface area contributed by atoms with Gasteiger partial charge in [-0.25, -0.2) is 15.0 Å². The molecule has 284 valence electrons. The van der Waals surface area contributed by atoms with Crippen molar-refractivity contribution in [3.8, 4) is 56.4 Å². The lowest BCUT2D eigenvalue weighted by atomic mass is 9.93. The Hall–Kier alpha value is -7.60. The highest BCUT2D eigenvalue weighted by molar-refractivity contribution is 7.99. The van der Waals surface area contributed by atoms with Gasteiger partial charge in [0.15, 0.2) is 17.5 Å². The molecule has 1 heterocycles. The summed E-state index contributed by atoms with van der Waals surface area (Å²) in [4.78, 5) is 19.8. The van der Waals surface area contributed by atoms with E-state index in [0.29, 0.717) is 17.5 Å². The molecule has 60 heavy (non-hydrogen) atoms. The summed E-state index contributed by atoms with van der Waals surface area (Å²) in [5.41, 5.74) is 10.8. The molecule has 0 N–H and O–H groups in total. The number of hydrogen-bond acceptors (Lipinski definition) is 5. The van der Waals surface area contributed by atoms with Crippen LogP contribution in [0.3, 0.4) is 0 Å². The van der Waals surface area contributed by atoms with Crippen LogP contribution < -0.4 is 4.90 Å². The SMILES string of the molecule is c1ccc(Sc2cc(-c3ccc(-c4nc(-c5ccccc5)nc(-c5ccccc5)n4)c4ccccc34)ccc2-c2ccc(N(c3ccccc3)c3ccccc3)cc2)cc1. The van der Waals surface area contributed by atoms with Crippen molar-refractivity contribution in [1.29, 1.82) is 0 Å². The molecule has 0 fully saturated rings. The summed E-state index contributed by atoms with van der Waals surface area (Å²) in [6, 6.07) is 80.7. The van der Waals surface area contributed by atoms with E-state index in [-0.39, 0.29) is 0 Å². The molecule has 1 aromatic heterocycles. The Morgan fingerprint density at radius 3 is 1.28 bits per heavy atom. The van der Waals surface area contributed by atoms with Crippen molar-refractivity contribution in [2.24, 2.45) is 0 Å². The monoisotopic (exact) mass is 786 g/mol. The van der Waals surface area contributed by atoms with Gasteiger partial charge in [-0.15, -0.1) is 0 Å². The van der Waals surface area contributed by atoms with Gasteiger partial charge in [0.1, 0.15) is 0 Å². The maximum absolute atomic E-state index is 5.08. The number of benzene rings is 9. The summed E-state index contributed by atoms with van der Waals surface area (Å²) in [5.74, 6) is 1.93. The van der Waals surface area contributed by atoms with Crippen molar-refractivity contribution in [2.45, 2.75) is 9.79 Å². The number of anilines is 3. The zero-order valence-corrected chi connectivity index (χ0v) is 33.5. The fourth-order valence-electron chi connectivity index (χ4n) is 7.69. The predicted octanol–water partition coefficient (Wildman–Crippen LogP) is 15.0. The van der Waals surface area contributed by atoms with Gasteiger partial charge >= 0.3 is 0 Å². The van der Waals surface area contributed by atoms with Gasteiger partial charge in [-0.1, -0.05) is 182 Å². The number of fused-ring (bicyclic) bond motifs is 1. The van der Waals surface area contributed by atoms with Gasteiger partial charge < -0.3 is 4.90 Å². The summed E-state index contributed by atoms with van der Waals surface area (Å²) in [6.45, 7) is 0. The van der Waals surface area contributed by atoms with E-state index in [9.17, 15) is 0 Å². The first-order valence-electron chi connectivity index (χ1n) is 20.0.